The van der Waals surface area contributed by atoms with Gasteiger partial charge in [-0.3, -0.25) is 0 Å². The van der Waals surface area contributed by atoms with Crippen molar-refractivity contribution in [3.63, 3.8) is 0 Å². The summed E-state index contributed by atoms with van der Waals surface area (Å²) in [5, 5.41) is 10.4. The van der Waals surface area contributed by atoms with Gasteiger partial charge in [0, 0.05) is 12.2 Å². The normalized spacial score (nSPS) is 22.0. The van der Waals surface area contributed by atoms with Crippen molar-refractivity contribution in [3.8, 4) is 0 Å². The zero-order valence-electron chi connectivity index (χ0n) is 12.4. The Bertz CT molecular complexity index is 540. The second kappa shape index (κ2) is 6.77. The lowest BCUT2D eigenvalue weighted by Gasteiger charge is -2.39. The van der Waals surface area contributed by atoms with Crippen molar-refractivity contribution in [2.45, 2.75) is 44.4 Å². The Morgan fingerprint density at radius 2 is 1.48 bits per heavy atom. The van der Waals surface area contributed by atoms with Crippen LogP contribution in [0.1, 0.15) is 31.2 Å². The lowest BCUT2D eigenvalue weighted by Crippen LogP contribution is -2.45. The van der Waals surface area contributed by atoms with Crippen LogP contribution in [0.5, 0.6) is 0 Å². The molecule has 0 heterocycles. The third kappa shape index (κ3) is 3.45. The van der Waals surface area contributed by atoms with E-state index in [2.05, 4.69) is 53.4 Å². The van der Waals surface area contributed by atoms with Gasteiger partial charge in [0.2, 0.25) is 0 Å². The van der Waals surface area contributed by atoms with E-state index in [1.165, 1.54) is 17.7 Å². The van der Waals surface area contributed by atoms with Gasteiger partial charge in [-0.2, -0.15) is 0 Å². The Labute approximate surface area is 127 Å². The predicted octanol–water partition coefficient (Wildman–Crippen LogP) is 4.00. The second-order valence-corrected chi connectivity index (χ2v) is 5.87. The fraction of sp³-hybridized carbons (Fsp3) is 0.368. The summed E-state index contributed by atoms with van der Waals surface area (Å²) in [6.45, 7) is 0.854. The van der Waals surface area contributed by atoms with E-state index in [-0.39, 0.29) is 12.1 Å². The summed E-state index contributed by atoms with van der Waals surface area (Å²) in [6, 6.07) is 21.2. The highest BCUT2D eigenvalue weighted by Gasteiger charge is 2.28. The molecule has 21 heavy (non-hydrogen) atoms. The quantitative estimate of drug-likeness (QED) is 0.915. The molecule has 0 radical (unpaired) electrons. The summed E-state index contributed by atoms with van der Waals surface area (Å²) >= 11 is 0. The third-order valence-corrected chi connectivity index (χ3v) is 4.38. The van der Waals surface area contributed by atoms with Gasteiger partial charge in [0.25, 0.3) is 0 Å². The minimum absolute atomic E-state index is 0.220. The van der Waals surface area contributed by atoms with Gasteiger partial charge >= 0.3 is 0 Å². The van der Waals surface area contributed by atoms with Gasteiger partial charge in [0.1, 0.15) is 0 Å². The fourth-order valence-electron chi connectivity index (χ4n) is 3.25. The minimum Gasteiger partial charge on any atom is -0.391 e. The number of hydrogen-bond donors (Lipinski definition) is 1. The first-order valence-corrected chi connectivity index (χ1v) is 7.88. The molecule has 2 nitrogen and oxygen atoms in total. The summed E-state index contributed by atoms with van der Waals surface area (Å²) in [4.78, 5) is 2.37. The van der Waals surface area contributed by atoms with Crippen LogP contribution in [0.4, 0.5) is 5.69 Å². The molecule has 1 aliphatic carbocycles. The maximum Gasteiger partial charge on any atom is 0.0743 e. The first-order valence-electron chi connectivity index (χ1n) is 7.88. The molecule has 3 rings (SSSR count). The molecule has 0 aromatic heterocycles. The number of hydrogen-bond acceptors (Lipinski definition) is 2. The van der Waals surface area contributed by atoms with Crippen LogP contribution in [0.25, 0.3) is 0 Å². The second-order valence-electron chi connectivity index (χ2n) is 5.87. The Morgan fingerprint density at radius 3 is 2.14 bits per heavy atom. The number of benzene rings is 2. The molecule has 0 saturated heterocycles. The van der Waals surface area contributed by atoms with Gasteiger partial charge in [-0.05, 0) is 30.5 Å². The topological polar surface area (TPSA) is 23.5 Å². The Balaban J connectivity index is 1.87. The van der Waals surface area contributed by atoms with Crippen molar-refractivity contribution in [2.75, 3.05) is 4.90 Å². The molecule has 110 valence electrons. The lowest BCUT2D eigenvalue weighted by atomic mass is 9.90. The third-order valence-electron chi connectivity index (χ3n) is 4.38. The Kier molecular flexibility index (Phi) is 4.56. The average molecular weight is 281 g/mol. The average Bonchev–Trinajstić information content (AvgIpc) is 2.55. The maximum atomic E-state index is 10.4. The van der Waals surface area contributed by atoms with E-state index in [1.54, 1.807) is 0 Å². The summed E-state index contributed by atoms with van der Waals surface area (Å²) in [5.41, 5.74) is 2.49. The molecule has 2 aromatic rings. The summed E-state index contributed by atoms with van der Waals surface area (Å²) in [6.07, 6.45) is 4.12. The van der Waals surface area contributed by atoms with Crippen LogP contribution >= 0.6 is 0 Å². The predicted molar refractivity (Wildman–Crippen MR) is 87.3 cm³/mol. The van der Waals surface area contributed by atoms with E-state index in [0.717, 1.165) is 25.8 Å². The molecule has 0 bridgehead atoms. The SMILES string of the molecule is O[C@@H]1CCCC[C@H]1N(Cc1ccccc1)c1ccccc1. The van der Waals surface area contributed by atoms with Gasteiger partial charge in [-0.25, -0.2) is 0 Å². The zero-order chi connectivity index (χ0) is 14.5. The summed E-state index contributed by atoms with van der Waals surface area (Å²) in [5.74, 6) is 0. The largest absolute Gasteiger partial charge is 0.391 e. The van der Waals surface area contributed by atoms with Crippen molar-refractivity contribution in [1.29, 1.82) is 0 Å². The monoisotopic (exact) mass is 281 g/mol. The zero-order valence-corrected chi connectivity index (χ0v) is 12.4. The number of rotatable bonds is 4. The van der Waals surface area contributed by atoms with Gasteiger partial charge in [-0.15, -0.1) is 0 Å². The van der Waals surface area contributed by atoms with E-state index in [0.29, 0.717) is 0 Å². The van der Waals surface area contributed by atoms with E-state index in [4.69, 9.17) is 0 Å². The molecule has 1 N–H and O–H groups in total. The van der Waals surface area contributed by atoms with Crippen LogP contribution in [0.3, 0.4) is 0 Å². The maximum absolute atomic E-state index is 10.4. The van der Waals surface area contributed by atoms with Crippen LogP contribution in [0.2, 0.25) is 0 Å². The number of aliphatic hydroxyl groups excluding tert-OH is 1. The van der Waals surface area contributed by atoms with Crippen molar-refractivity contribution >= 4 is 5.69 Å². The van der Waals surface area contributed by atoms with Gasteiger partial charge in [0.05, 0.1) is 12.1 Å². The number of anilines is 1. The smallest absolute Gasteiger partial charge is 0.0743 e. The molecule has 2 aromatic carbocycles. The van der Waals surface area contributed by atoms with Crippen molar-refractivity contribution < 1.29 is 5.11 Å². The van der Waals surface area contributed by atoms with E-state index in [9.17, 15) is 5.11 Å². The van der Waals surface area contributed by atoms with E-state index < -0.39 is 0 Å². The van der Waals surface area contributed by atoms with Gasteiger partial charge in [0.15, 0.2) is 0 Å². The molecule has 0 aliphatic heterocycles. The molecule has 2 heteroatoms. The molecule has 1 aliphatic rings. The number of aliphatic hydroxyl groups is 1. The molecule has 1 fully saturated rings. The highest BCUT2D eigenvalue weighted by molar-refractivity contribution is 5.48. The number of para-hydroxylation sites is 1. The van der Waals surface area contributed by atoms with Gasteiger partial charge < -0.3 is 10.0 Å². The summed E-state index contributed by atoms with van der Waals surface area (Å²) in [7, 11) is 0. The molecule has 0 unspecified atom stereocenters. The first-order chi connectivity index (χ1) is 10.3. The molecule has 2 atom stereocenters. The molecule has 1 saturated carbocycles. The fourth-order valence-corrected chi connectivity index (χ4v) is 3.25. The van der Waals surface area contributed by atoms with Crippen LogP contribution < -0.4 is 4.90 Å². The first kappa shape index (κ1) is 14.2. The Morgan fingerprint density at radius 1 is 0.857 bits per heavy atom. The van der Waals surface area contributed by atoms with E-state index >= 15 is 0 Å². The molecule has 0 amide bonds. The molecular weight excluding hydrogens is 258 g/mol. The Hall–Kier alpha value is -1.80. The molecule has 0 spiro atoms. The van der Waals surface area contributed by atoms with E-state index in [1.807, 2.05) is 12.1 Å². The molecular formula is C19H23NO. The van der Waals surface area contributed by atoms with Crippen molar-refractivity contribution in [3.05, 3.63) is 66.2 Å². The lowest BCUT2D eigenvalue weighted by molar-refractivity contribution is 0.103. The van der Waals surface area contributed by atoms with Gasteiger partial charge in [-0.1, -0.05) is 61.4 Å². The highest BCUT2D eigenvalue weighted by atomic mass is 16.3. The highest BCUT2D eigenvalue weighted by Crippen LogP contribution is 2.29. The van der Waals surface area contributed by atoms with Crippen molar-refractivity contribution in [2.24, 2.45) is 0 Å². The summed E-state index contributed by atoms with van der Waals surface area (Å²) < 4.78 is 0. The van der Waals surface area contributed by atoms with Crippen LogP contribution in [0.15, 0.2) is 60.7 Å². The van der Waals surface area contributed by atoms with Crippen LogP contribution in [-0.4, -0.2) is 17.3 Å². The number of nitrogens with zero attached hydrogens (tertiary/aromatic N) is 1. The van der Waals surface area contributed by atoms with Crippen molar-refractivity contribution in [1.82, 2.24) is 0 Å². The van der Waals surface area contributed by atoms with Crippen LogP contribution in [-0.2, 0) is 6.54 Å². The minimum atomic E-state index is -0.220. The standard InChI is InChI=1S/C19H23NO/c21-19-14-8-7-13-18(19)20(17-11-5-2-6-12-17)15-16-9-3-1-4-10-16/h1-6,9-12,18-19,21H,7-8,13-15H2/t18-,19-/m1/s1. The van der Waals surface area contributed by atoms with Crippen LogP contribution in [0, 0.1) is 0 Å².